The summed E-state index contributed by atoms with van der Waals surface area (Å²) in [6.45, 7) is 3.87. The topological polar surface area (TPSA) is 192 Å². The first kappa shape index (κ1) is 57.0. The van der Waals surface area contributed by atoms with Crippen molar-refractivity contribution in [3.8, 4) is 0 Å². The molecule has 1 saturated carbocycles. The normalized spacial score (nSPS) is 23.0. The van der Waals surface area contributed by atoms with E-state index in [9.17, 15) is 39.8 Å². The maximum Gasteiger partial charge on any atom is 0.472 e. The fourth-order valence-electron chi connectivity index (χ4n) is 6.13. The zero-order valence-electron chi connectivity index (χ0n) is 37.4. The number of hydrogen-bond donors (Lipinski definition) is 6. The molecule has 1 aliphatic rings. The summed E-state index contributed by atoms with van der Waals surface area (Å²) in [7, 11) is -5.05. The number of ether oxygens (including phenoxy) is 2. The molecule has 6 N–H and O–H groups in total. The first-order chi connectivity index (χ1) is 30.0. The fourth-order valence-corrected chi connectivity index (χ4v) is 7.10. The molecule has 13 heteroatoms. The average Bonchev–Trinajstić information content (AvgIpc) is 3.26. The predicted octanol–water partition coefficient (Wildman–Crippen LogP) is 9.30. The fraction of sp³-hybridized carbons (Fsp3) is 0.612. The minimum absolute atomic E-state index is 0.0562. The van der Waals surface area contributed by atoms with Gasteiger partial charge in [0.15, 0.2) is 0 Å². The zero-order valence-corrected chi connectivity index (χ0v) is 38.3. The van der Waals surface area contributed by atoms with E-state index in [2.05, 4.69) is 98.9 Å². The van der Waals surface area contributed by atoms with Gasteiger partial charge in [-0.2, -0.15) is 0 Å². The number of carbonyl (C=O) groups excluding carboxylic acids is 1. The van der Waals surface area contributed by atoms with E-state index in [4.69, 9.17) is 18.5 Å². The number of hydrogen-bond acceptors (Lipinski definition) is 11. The van der Waals surface area contributed by atoms with E-state index in [1.54, 1.807) is 6.08 Å². The molecule has 62 heavy (non-hydrogen) atoms. The van der Waals surface area contributed by atoms with E-state index < -0.39 is 63.1 Å². The van der Waals surface area contributed by atoms with Crippen LogP contribution in [0, 0.1) is 0 Å². The third kappa shape index (κ3) is 30.1. The van der Waals surface area contributed by atoms with Gasteiger partial charge in [0.2, 0.25) is 0 Å². The Morgan fingerprint density at radius 3 is 1.37 bits per heavy atom. The standard InChI is InChI=1S/C49H79O12P/c1-3-5-7-9-11-13-15-17-19-20-21-22-23-25-27-29-31-33-35-37-39-58-40-42(41-59-62(56,57)61-49-47(54)45(52)44(51)46(53)48(49)55)60-43(50)38-36-34-32-30-28-26-24-18-16-14-12-10-8-6-4-2/h5-8,11-14,17-19,21-22,24,28,30,34,36,42,44-49,51-55H,3-4,9-10,15-16,20,23,25-27,29,31-33,35,37-41H2,1-2H3,(H,56,57)/b7-5-,8-6-,13-11-,14-12-,19-17-,22-21-,24-18-,30-28-,36-34-. The number of allylic oxidation sites excluding steroid dienone is 17. The van der Waals surface area contributed by atoms with Crippen LogP contribution in [0.4, 0.5) is 0 Å². The molecule has 0 amide bonds. The highest BCUT2D eigenvalue weighted by molar-refractivity contribution is 7.47. The lowest BCUT2D eigenvalue weighted by molar-refractivity contribution is -0.220. The van der Waals surface area contributed by atoms with Crippen LogP contribution in [0.3, 0.4) is 0 Å². The van der Waals surface area contributed by atoms with Gasteiger partial charge in [-0.1, -0.05) is 155 Å². The summed E-state index contributed by atoms with van der Waals surface area (Å²) in [4.78, 5) is 23.1. The van der Waals surface area contributed by atoms with Gasteiger partial charge >= 0.3 is 13.8 Å². The Hall–Kier alpha value is -3.00. The molecular formula is C49H79O12P. The van der Waals surface area contributed by atoms with E-state index >= 15 is 0 Å². The van der Waals surface area contributed by atoms with Crippen molar-refractivity contribution in [2.75, 3.05) is 19.8 Å². The van der Waals surface area contributed by atoms with Crippen molar-refractivity contribution >= 4 is 13.8 Å². The molecule has 0 spiro atoms. The second-order valence-electron chi connectivity index (χ2n) is 15.2. The Kier molecular flexibility index (Phi) is 35.4. The summed E-state index contributed by atoms with van der Waals surface area (Å²) >= 11 is 0. The Bertz CT molecular complexity index is 1430. The molecular weight excluding hydrogens is 812 g/mol. The number of unbranched alkanes of at least 4 members (excludes halogenated alkanes) is 7. The second-order valence-corrected chi connectivity index (χ2v) is 16.6. The number of aliphatic hydroxyl groups excluding tert-OH is 5. The summed E-state index contributed by atoms with van der Waals surface area (Å²) in [5, 5.41) is 50.2. The van der Waals surface area contributed by atoms with Crippen molar-refractivity contribution in [1.82, 2.24) is 0 Å². The molecule has 0 aromatic carbocycles. The van der Waals surface area contributed by atoms with Crippen LogP contribution in [-0.2, 0) is 27.9 Å². The van der Waals surface area contributed by atoms with Crippen molar-refractivity contribution in [3.05, 3.63) is 109 Å². The van der Waals surface area contributed by atoms with Crippen molar-refractivity contribution < 1.29 is 58.3 Å². The van der Waals surface area contributed by atoms with Crippen LogP contribution in [-0.4, -0.2) is 98.9 Å². The number of phosphoric ester groups is 1. The molecule has 0 bridgehead atoms. The molecule has 0 heterocycles. The Morgan fingerprint density at radius 1 is 0.516 bits per heavy atom. The van der Waals surface area contributed by atoms with Crippen molar-refractivity contribution in [2.45, 2.75) is 172 Å². The van der Waals surface area contributed by atoms with Crippen LogP contribution < -0.4 is 0 Å². The molecule has 0 saturated heterocycles. The van der Waals surface area contributed by atoms with Crippen LogP contribution >= 0.6 is 7.82 Å². The van der Waals surface area contributed by atoms with Crippen molar-refractivity contribution in [2.24, 2.45) is 0 Å². The summed E-state index contributed by atoms with van der Waals surface area (Å²) in [5.74, 6) is -0.613. The third-order valence-electron chi connectivity index (χ3n) is 9.67. The van der Waals surface area contributed by atoms with Gasteiger partial charge < -0.3 is 39.9 Å². The van der Waals surface area contributed by atoms with E-state index in [0.717, 1.165) is 83.5 Å². The first-order valence-corrected chi connectivity index (χ1v) is 24.2. The Labute approximate surface area is 372 Å². The monoisotopic (exact) mass is 891 g/mol. The van der Waals surface area contributed by atoms with E-state index in [1.165, 1.54) is 19.3 Å². The molecule has 6 unspecified atom stereocenters. The smallest absolute Gasteiger partial charge is 0.457 e. The number of esters is 1. The molecule has 1 rings (SSSR count). The van der Waals surface area contributed by atoms with Crippen LogP contribution in [0.1, 0.15) is 129 Å². The molecule has 0 aromatic heterocycles. The maximum atomic E-state index is 12.8. The molecule has 0 aromatic rings. The molecule has 12 nitrogen and oxygen atoms in total. The first-order valence-electron chi connectivity index (χ1n) is 22.7. The van der Waals surface area contributed by atoms with Gasteiger partial charge in [-0.05, 0) is 77.0 Å². The second kappa shape index (κ2) is 38.5. The summed E-state index contributed by atoms with van der Waals surface area (Å²) < 4.78 is 34.0. The lowest BCUT2D eigenvalue weighted by Crippen LogP contribution is -2.64. The van der Waals surface area contributed by atoms with Crippen LogP contribution in [0.2, 0.25) is 0 Å². The van der Waals surface area contributed by atoms with Gasteiger partial charge in [0.25, 0.3) is 0 Å². The summed E-state index contributed by atoms with van der Waals surface area (Å²) in [5.41, 5.74) is 0. The van der Waals surface area contributed by atoms with Crippen LogP contribution in [0.5, 0.6) is 0 Å². The quantitative estimate of drug-likeness (QED) is 0.0151. The maximum absolute atomic E-state index is 12.8. The number of phosphoric acid groups is 1. The van der Waals surface area contributed by atoms with Gasteiger partial charge in [-0.3, -0.25) is 13.8 Å². The van der Waals surface area contributed by atoms with Crippen molar-refractivity contribution in [1.29, 1.82) is 0 Å². The number of rotatable bonds is 36. The van der Waals surface area contributed by atoms with E-state index in [1.807, 2.05) is 18.2 Å². The minimum atomic E-state index is -5.05. The molecule has 0 aliphatic heterocycles. The van der Waals surface area contributed by atoms with Gasteiger partial charge in [0.05, 0.1) is 19.6 Å². The predicted molar refractivity (Wildman–Crippen MR) is 248 cm³/mol. The summed E-state index contributed by atoms with van der Waals surface area (Å²) in [6.07, 6.45) is 41.9. The minimum Gasteiger partial charge on any atom is -0.457 e. The molecule has 352 valence electrons. The molecule has 6 atom stereocenters. The SMILES string of the molecule is CC/C=C\C/C=C\C/C=C\C/C=C\C/C=C\CC(=O)OC(COCCCCCCCCC/C=C\C/C=C\C/C=C\C/C=C\CC)COP(=O)(O)OC1C(O)C(O)C(O)C(O)C1O. The highest BCUT2D eigenvalue weighted by atomic mass is 31.2. The molecule has 1 aliphatic carbocycles. The lowest BCUT2D eigenvalue weighted by atomic mass is 9.85. The summed E-state index contributed by atoms with van der Waals surface area (Å²) in [6, 6.07) is 0. The zero-order chi connectivity index (χ0) is 45.5. The number of aliphatic hydroxyl groups is 5. The van der Waals surface area contributed by atoms with Gasteiger partial charge in [-0.15, -0.1) is 0 Å². The highest BCUT2D eigenvalue weighted by Gasteiger charge is 2.51. The van der Waals surface area contributed by atoms with Gasteiger partial charge in [-0.25, -0.2) is 4.57 Å². The van der Waals surface area contributed by atoms with Gasteiger partial charge in [0, 0.05) is 6.61 Å². The van der Waals surface area contributed by atoms with Crippen LogP contribution in [0.25, 0.3) is 0 Å². The van der Waals surface area contributed by atoms with Crippen molar-refractivity contribution in [3.63, 3.8) is 0 Å². The molecule has 0 radical (unpaired) electrons. The van der Waals surface area contributed by atoms with Gasteiger partial charge in [0.1, 0.15) is 42.7 Å². The highest BCUT2D eigenvalue weighted by Crippen LogP contribution is 2.47. The van der Waals surface area contributed by atoms with E-state index in [0.29, 0.717) is 13.0 Å². The Morgan fingerprint density at radius 2 is 0.903 bits per heavy atom. The number of carbonyl (C=O) groups is 1. The lowest BCUT2D eigenvalue weighted by Gasteiger charge is -2.41. The third-order valence-corrected chi connectivity index (χ3v) is 10.7. The van der Waals surface area contributed by atoms with E-state index in [-0.39, 0.29) is 13.0 Å². The molecule has 1 fully saturated rings. The van der Waals surface area contributed by atoms with Crippen LogP contribution in [0.15, 0.2) is 109 Å². The average molecular weight is 891 g/mol. The Balaban J connectivity index is 2.46. The largest absolute Gasteiger partial charge is 0.472 e.